The van der Waals surface area contributed by atoms with Gasteiger partial charge in [-0.1, -0.05) is 6.92 Å². The molecule has 2 amide bonds. The molecule has 1 unspecified atom stereocenters. The molecular weight excluding hydrogens is 316 g/mol. The van der Waals surface area contributed by atoms with Crippen LogP contribution in [0.25, 0.3) is 0 Å². The lowest BCUT2D eigenvalue weighted by atomic mass is 10.1. The maximum Gasteiger partial charge on any atom is 0.366 e. The molecule has 0 radical (unpaired) electrons. The molecule has 1 aliphatic rings. The average Bonchev–Trinajstić information content (AvgIpc) is 2.50. The molecule has 2 rings (SSSR count). The summed E-state index contributed by atoms with van der Waals surface area (Å²) < 4.78 is 5.57. The van der Waals surface area contributed by atoms with E-state index >= 15 is 0 Å². The Kier molecular flexibility index (Phi) is 4.72. The number of anilines is 1. The number of hydrogen-bond acceptors (Lipinski definition) is 6. The van der Waals surface area contributed by atoms with Gasteiger partial charge in [-0.25, -0.2) is 0 Å². The summed E-state index contributed by atoms with van der Waals surface area (Å²) in [5.41, 5.74) is -1.19. The van der Waals surface area contributed by atoms with Gasteiger partial charge < -0.3 is 20.2 Å². The van der Waals surface area contributed by atoms with Crippen molar-refractivity contribution in [1.29, 1.82) is 0 Å². The third-order valence-electron chi connectivity index (χ3n) is 3.71. The molecule has 2 heterocycles. The summed E-state index contributed by atoms with van der Waals surface area (Å²) in [5.74, 6) is -1.07. The second-order valence-corrected chi connectivity index (χ2v) is 6.13. The molecule has 1 atom stereocenters. The Labute approximate surface area is 139 Å². The number of nitrogens with zero attached hydrogens (tertiary/aromatic N) is 3. The van der Waals surface area contributed by atoms with Gasteiger partial charge in [-0.05, 0) is 43.2 Å². The normalized spacial score (nSPS) is 16.8. The first kappa shape index (κ1) is 17.6. The van der Waals surface area contributed by atoms with Gasteiger partial charge in [-0.2, -0.15) is 0 Å². The summed E-state index contributed by atoms with van der Waals surface area (Å²) in [6.45, 7) is 6.63. The summed E-state index contributed by atoms with van der Waals surface area (Å²) in [6.07, 6.45) is 0.745. The lowest BCUT2D eigenvalue weighted by Crippen LogP contribution is -2.55. The van der Waals surface area contributed by atoms with E-state index in [0.717, 1.165) is 11.3 Å². The summed E-state index contributed by atoms with van der Waals surface area (Å²) in [5, 5.41) is 13.7. The number of carbonyl (C=O) groups excluding carboxylic acids is 2. The first-order valence-electron chi connectivity index (χ1n) is 7.61. The Hall–Kier alpha value is -2.71. The fourth-order valence-corrected chi connectivity index (χ4v) is 2.25. The minimum atomic E-state index is -1.19. The zero-order chi connectivity index (χ0) is 18.1. The second kappa shape index (κ2) is 6.42. The van der Waals surface area contributed by atoms with Crippen LogP contribution >= 0.6 is 0 Å². The average molecular weight is 336 g/mol. The summed E-state index contributed by atoms with van der Waals surface area (Å²) in [7, 11) is 0. The van der Waals surface area contributed by atoms with Crippen LogP contribution in [0.4, 0.5) is 11.6 Å². The van der Waals surface area contributed by atoms with Crippen LogP contribution < -0.4 is 15.0 Å². The second-order valence-electron chi connectivity index (χ2n) is 6.13. The number of nitrogens with one attached hydrogen (secondary N) is 1. The largest absolute Gasteiger partial charge is 0.472 e. The van der Waals surface area contributed by atoms with E-state index in [1.807, 2.05) is 13.8 Å². The highest BCUT2D eigenvalue weighted by molar-refractivity contribution is 6.05. The van der Waals surface area contributed by atoms with Gasteiger partial charge in [-0.3, -0.25) is 14.5 Å². The van der Waals surface area contributed by atoms with Gasteiger partial charge in [0, 0.05) is 12.1 Å². The molecule has 1 N–H and O–H groups in total. The first-order valence-corrected chi connectivity index (χ1v) is 7.61. The predicted octanol–water partition coefficient (Wildman–Crippen LogP) is 1.41. The molecule has 9 heteroatoms. The third kappa shape index (κ3) is 3.44. The SMILES string of the molecule is CCC(C)NC(=O)CN1C(=O)C(C)(C)Oc2ccc([N+](=O)[O-])nc21. The highest BCUT2D eigenvalue weighted by Gasteiger charge is 2.45. The molecule has 9 nitrogen and oxygen atoms in total. The number of ether oxygens (including phenoxy) is 1. The fraction of sp³-hybridized carbons (Fsp3) is 0.533. The molecule has 0 bridgehead atoms. The highest BCUT2D eigenvalue weighted by Crippen LogP contribution is 2.37. The van der Waals surface area contributed by atoms with E-state index in [1.54, 1.807) is 13.8 Å². The Morgan fingerprint density at radius 1 is 1.50 bits per heavy atom. The van der Waals surface area contributed by atoms with Crippen molar-refractivity contribution in [2.24, 2.45) is 0 Å². The Morgan fingerprint density at radius 2 is 2.17 bits per heavy atom. The predicted molar refractivity (Wildman–Crippen MR) is 85.8 cm³/mol. The molecule has 0 spiro atoms. The van der Waals surface area contributed by atoms with Crippen molar-refractivity contribution in [3.05, 3.63) is 22.2 Å². The number of amides is 2. The van der Waals surface area contributed by atoms with Crippen LogP contribution in [0.5, 0.6) is 5.75 Å². The van der Waals surface area contributed by atoms with Crippen molar-refractivity contribution in [2.75, 3.05) is 11.4 Å². The number of carbonyl (C=O) groups is 2. The molecule has 1 aromatic heterocycles. The third-order valence-corrected chi connectivity index (χ3v) is 3.71. The van der Waals surface area contributed by atoms with Crippen LogP contribution in [0.2, 0.25) is 0 Å². The van der Waals surface area contributed by atoms with Crippen molar-refractivity contribution in [3.8, 4) is 5.75 Å². The van der Waals surface area contributed by atoms with Crippen LogP contribution in [-0.4, -0.2) is 39.9 Å². The van der Waals surface area contributed by atoms with Crippen molar-refractivity contribution >= 4 is 23.5 Å². The number of hydrogen-bond donors (Lipinski definition) is 1. The van der Waals surface area contributed by atoms with Crippen LogP contribution in [0.15, 0.2) is 12.1 Å². The maximum absolute atomic E-state index is 12.6. The Balaban J connectivity index is 2.38. The Bertz CT molecular complexity index is 688. The summed E-state index contributed by atoms with van der Waals surface area (Å²) in [4.78, 5) is 40.0. The topological polar surface area (TPSA) is 115 Å². The molecule has 0 aromatic carbocycles. The maximum atomic E-state index is 12.6. The van der Waals surface area contributed by atoms with Crippen LogP contribution in [0, 0.1) is 10.1 Å². The van der Waals surface area contributed by atoms with Crippen LogP contribution in [0.1, 0.15) is 34.1 Å². The zero-order valence-electron chi connectivity index (χ0n) is 14.0. The number of nitro groups is 1. The van der Waals surface area contributed by atoms with E-state index in [-0.39, 0.29) is 30.1 Å². The van der Waals surface area contributed by atoms with Gasteiger partial charge >= 0.3 is 5.82 Å². The van der Waals surface area contributed by atoms with Gasteiger partial charge in [0.2, 0.25) is 5.91 Å². The van der Waals surface area contributed by atoms with Gasteiger partial charge in [0.25, 0.3) is 11.7 Å². The lowest BCUT2D eigenvalue weighted by Gasteiger charge is -2.35. The van der Waals surface area contributed by atoms with E-state index in [4.69, 9.17) is 4.74 Å². The minimum Gasteiger partial charge on any atom is -0.472 e. The fourth-order valence-electron chi connectivity index (χ4n) is 2.25. The van der Waals surface area contributed by atoms with Crippen molar-refractivity contribution < 1.29 is 19.2 Å². The monoisotopic (exact) mass is 336 g/mol. The number of fused-ring (bicyclic) bond motifs is 1. The molecule has 1 aliphatic heterocycles. The van der Waals surface area contributed by atoms with Crippen LogP contribution in [0.3, 0.4) is 0 Å². The van der Waals surface area contributed by atoms with Crippen LogP contribution in [-0.2, 0) is 9.59 Å². The first-order chi connectivity index (χ1) is 11.2. The molecule has 1 aromatic rings. The van der Waals surface area contributed by atoms with Gasteiger partial charge in [-0.15, -0.1) is 0 Å². The molecular formula is C15H20N4O5. The number of aromatic nitrogens is 1. The molecule has 0 saturated heterocycles. The van der Waals surface area contributed by atoms with Crippen molar-refractivity contribution in [3.63, 3.8) is 0 Å². The molecule has 0 aliphatic carbocycles. The molecule has 24 heavy (non-hydrogen) atoms. The highest BCUT2D eigenvalue weighted by atomic mass is 16.6. The van der Waals surface area contributed by atoms with Gasteiger partial charge in [0.1, 0.15) is 6.54 Å². The molecule has 130 valence electrons. The molecule has 0 saturated carbocycles. The van der Waals surface area contributed by atoms with E-state index in [0.29, 0.717) is 0 Å². The smallest absolute Gasteiger partial charge is 0.366 e. The standard InChI is InChI=1S/C15H20N4O5/c1-5-9(2)16-12(20)8-18-13-10(24-15(3,4)14(18)21)6-7-11(17-13)19(22)23/h6-7,9H,5,8H2,1-4H3,(H,16,20). The van der Waals surface area contributed by atoms with E-state index in [9.17, 15) is 19.7 Å². The summed E-state index contributed by atoms with van der Waals surface area (Å²) in [6, 6.07) is 2.54. The summed E-state index contributed by atoms with van der Waals surface area (Å²) >= 11 is 0. The van der Waals surface area contributed by atoms with E-state index < -0.39 is 22.2 Å². The number of rotatable bonds is 5. The van der Waals surface area contributed by atoms with Crippen molar-refractivity contribution in [2.45, 2.75) is 45.8 Å². The van der Waals surface area contributed by atoms with E-state index in [2.05, 4.69) is 10.3 Å². The van der Waals surface area contributed by atoms with Gasteiger partial charge in [0.05, 0.1) is 0 Å². The lowest BCUT2D eigenvalue weighted by molar-refractivity contribution is -0.389. The van der Waals surface area contributed by atoms with Gasteiger partial charge in [0.15, 0.2) is 11.4 Å². The quantitative estimate of drug-likeness (QED) is 0.642. The van der Waals surface area contributed by atoms with Crippen molar-refractivity contribution in [1.82, 2.24) is 10.3 Å². The minimum absolute atomic E-state index is 0.0205. The molecule has 0 fully saturated rings. The number of pyridine rings is 1. The Morgan fingerprint density at radius 3 is 2.75 bits per heavy atom. The van der Waals surface area contributed by atoms with E-state index in [1.165, 1.54) is 12.1 Å². The zero-order valence-corrected chi connectivity index (χ0v) is 14.0.